The molecule has 142 valence electrons. The minimum Gasteiger partial charge on any atom is -0.361 e. The number of thiazole rings is 1. The van der Waals surface area contributed by atoms with Gasteiger partial charge >= 0.3 is 0 Å². The Hall–Kier alpha value is -2.22. The summed E-state index contributed by atoms with van der Waals surface area (Å²) >= 11 is 1.60. The largest absolute Gasteiger partial charge is 0.361 e. The van der Waals surface area contributed by atoms with Gasteiger partial charge in [0.15, 0.2) is 5.13 Å². The molecule has 7 heteroatoms. The maximum absolute atomic E-state index is 11.1. The summed E-state index contributed by atoms with van der Waals surface area (Å²) in [4.78, 5) is 4.65. The fourth-order valence-electron chi connectivity index (χ4n) is 2.67. The standard InChI is InChI=1S/C20H23N3O2S2/c1-27(24,25)22-14-12-17-7-9-18(10-8-17)19-15-26-20(23-19)21-13-11-16-5-3-2-4-6-16/h2-10,15,22H,11-14H2,1H3,(H,21,23). The van der Waals surface area contributed by atoms with Crippen LogP contribution in [0.25, 0.3) is 11.3 Å². The molecule has 0 aliphatic heterocycles. The van der Waals surface area contributed by atoms with Gasteiger partial charge in [-0.15, -0.1) is 11.3 Å². The lowest BCUT2D eigenvalue weighted by Gasteiger charge is -2.04. The molecule has 1 heterocycles. The number of rotatable bonds is 9. The average Bonchev–Trinajstić information content (AvgIpc) is 3.11. The van der Waals surface area contributed by atoms with E-state index in [9.17, 15) is 8.42 Å². The first-order chi connectivity index (χ1) is 13.0. The van der Waals surface area contributed by atoms with Gasteiger partial charge in [-0.3, -0.25) is 0 Å². The quantitative estimate of drug-likeness (QED) is 0.575. The molecule has 3 rings (SSSR count). The summed E-state index contributed by atoms with van der Waals surface area (Å²) < 4.78 is 24.7. The second kappa shape index (κ2) is 9.12. The number of nitrogens with one attached hydrogen (secondary N) is 2. The van der Waals surface area contributed by atoms with Gasteiger partial charge in [-0.05, 0) is 24.0 Å². The highest BCUT2D eigenvalue weighted by molar-refractivity contribution is 7.88. The maximum Gasteiger partial charge on any atom is 0.208 e. The lowest BCUT2D eigenvalue weighted by atomic mass is 10.1. The molecular formula is C20H23N3O2S2. The smallest absolute Gasteiger partial charge is 0.208 e. The molecular weight excluding hydrogens is 378 g/mol. The Balaban J connectivity index is 1.51. The molecule has 3 aromatic rings. The van der Waals surface area contributed by atoms with E-state index in [0.29, 0.717) is 13.0 Å². The van der Waals surface area contributed by atoms with Gasteiger partial charge in [0.25, 0.3) is 0 Å². The van der Waals surface area contributed by atoms with Crippen molar-refractivity contribution < 1.29 is 8.42 Å². The average molecular weight is 402 g/mol. The van der Waals surface area contributed by atoms with E-state index in [4.69, 9.17) is 0 Å². The Morgan fingerprint density at radius 3 is 2.30 bits per heavy atom. The summed E-state index contributed by atoms with van der Waals surface area (Å²) in [6.45, 7) is 1.26. The number of anilines is 1. The lowest BCUT2D eigenvalue weighted by Crippen LogP contribution is -2.24. The van der Waals surface area contributed by atoms with Crippen molar-refractivity contribution in [2.45, 2.75) is 12.8 Å². The van der Waals surface area contributed by atoms with Crippen LogP contribution in [0.5, 0.6) is 0 Å². The van der Waals surface area contributed by atoms with Gasteiger partial charge in [0.2, 0.25) is 10.0 Å². The molecule has 0 atom stereocenters. The second-order valence-electron chi connectivity index (χ2n) is 6.31. The Morgan fingerprint density at radius 2 is 1.59 bits per heavy atom. The topological polar surface area (TPSA) is 71.1 Å². The number of aromatic nitrogens is 1. The highest BCUT2D eigenvalue weighted by Gasteiger charge is 2.05. The van der Waals surface area contributed by atoms with Gasteiger partial charge in [-0.2, -0.15) is 0 Å². The van der Waals surface area contributed by atoms with E-state index < -0.39 is 10.0 Å². The van der Waals surface area contributed by atoms with Crippen molar-refractivity contribution in [3.63, 3.8) is 0 Å². The van der Waals surface area contributed by atoms with Crippen LogP contribution in [0.2, 0.25) is 0 Å². The summed E-state index contributed by atoms with van der Waals surface area (Å²) in [6, 6.07) is 18.5. The van der Waals surface area contributed by atoms with Crippen molar-refractivity contribution in [3.05, 3.63) is 71.1 Å². The summed E-state index contributed by atoms with van der Waals surface area (Å²) in [7, 11) is -3.13. The summed E-state index contributed by atoms with van der Waals surface area (Å²) in [6.07, 6.45) is 2.80. The SMILES string of the molecule is CS(=O)(=O)NCCc1ccc(-c2csc(NCCc3ccccc3)n2)cc1. The Bertz CT molecular complexity index is 952. The molecule has 0 unspecified atom stereocenters. The Morgan fingerprint density at radius 1 is 0.926 bits per heavy atom. The molecule has 5 nitrogen and oxygen atoms in total. The zero-order chi connectivity index (χ0) is 19.1. The van der Waals surface area contributed by atoms with E-state index in [0.717, 1.165) is 34.9 Å². The second-order valence-corrected chi connectivity index (χ2v) is 9.00. The van der Waals surface area contributed by atoms with Crippen LogP contribution in [-0.4, -0.2) is 32.7 Å². The highest BCUT2D eigenvalue weighted by atomic mass is 32.2. The fourth-order valence-corrected chi connectivity index (χ4v) is 3.89. The van der Waals surface area contributed by atoms with Crippen LogP contribution in [0.4, 0.5) is 5.13 Å². The molecule has 0 radical (unpaired) electrons. The first kappa shape index (κ1) is 19.5. The van der Waals surface area contributed by atoms with E-state index >= 15 is 0 Å². The molecule has 2 aromatic carbocycles. The first-order valence-corrected chi connectivity index (χ1v) is 11.5. The summed E-state index contributed by atoms with van der Waals surface area (Å²) in [5.41, 5.74) is 4.40. The van der Waals surface area contributed by atoms with Crippen molar-refractivity contribution in [3.8, 4) is 11.3 Å². The monoisotopic (exact) mass is 401 g/mol. The minimum absolute atomic E-state index is 0.407. The molecule has 27 heavy (non-hydrogen) atoms. The third-order valence-electron chi connectivity index (χ3n) is 4.06. The molecule has 0 amide bonds. The van der Waals surface area contributed by atoms with E-state index in [2.05, 4.69) is 39.3 Å². The van der Waals surface area contributed by atoms with Crippen LogP contribution in [0.3, 0.4) is 0 Å². The van der Waals surface area contributed by atoms with Crippen molar-refractivity contribution in [2.75, 3.05) is 24.7 Å². The minimum atomic E-state index is -3.13. The lowest BCUT2D eigenvalue weighted by molar-refractivity contribution is 0.588. The van der Waals surface area contributed by atoms with E-state index in [1.54, 1.807) is 11.3 Å². The number of sulfonamides is 1. The Kier molecular flexibility index (Phi) is 6.60. The van der Waals surface area contributed by atoms with Crippen LogP contribution in [0.15, 0.2) is 60.0 Å². The maximum atomic E-state index is 11.1. The van der Waals surface area contributed by atoms with Crippen molar-refractivity contribution in [2.24, 2.45) is 0 Å². The zero-order valence-corrected chi connectivity index (χ0v) is 16.8. The van der Waals surface area contributed by atoms with Gasteiger partial charge in [-0.25, -0.2) is 18.1 Å². The molecule has 2 N–H and O–H groups in total. The molecule has 0 saturated heterocycles. The van der Waals surface area contributed by atoms with E-state index in [-0.39, 0.29) is 0 Å². The van der Waals surface area contributed by atoms with Crippen LogP contribution < -0.4 is 10.0 Å². The van der Waals surface area contributed by atoms with Crippen LogP contribution in [0, 0.1) is 0 Å². The predicted molar refractivity (Wildman–Crippen MR) is 113 cm³/mol. The van der Waals surface area contributed by atoms with Crippen molar-refractivity contribution in [1.29, 1.82) is 0 Å². The summed E-state index contributed by atoms with van der Waals surface area (Å²) in [5, 5.41) is 6.34. The van der Waals surface area contributed by atoms with Gasteiger partial charge in [0.1, 0.15) is 0 Å². The molecule has 1 aromatic heterocycles. The van der Waals surface area contributed by atoms with Gasteiger partial charge < -0.3 is 5.32 Å². The van der Waals surface area contributed by atoms with Gasteiger partial charge in [0.05, 0.1) is 11.9 Å². The zero-order valence-electron chi connectivity index (χ0n) is 15.2. The first-order valence-electron chi connectivity index (χ1n) is 8.77. The number of nitrogens with zero attached hydrogens (tertiary/aromatic N) is 1. The van der Waals surface area contributed by atoms with Crippen molar-refractivity contribution >= 4 is 26.5 Å². The normalized spacial score (nSPS) is 11.4. The molecule has 0 spiro atoms. The molecule has 0 aliphatic rings. The third kappa shape index (κ3) is 6.46. The predicted octanol–water partition coefficient (Wildman–Crippen LogP) is 3.56. The number of benzene rings is 2. The summed E-state index contributed by atoms with van der Waals surface area (Å²) in [5.74, 6) is 0. The highest BCUT2D eigenvalue weighted by Crippen LogP contribution is 2.25. The third-order valence-corrected chi connectivity index (χ3v) is 5.59. The molecule has 0 fully saturated rings. The molecule has 0 bridgehead atoms. The van der Waals surface area contributed by atoms with Crippen LogP contribution >= 0.6 is 11.3 Å². The number of hydrogen-bond donors (Lipinski definition) is 2. The van der Waals surface area contributed by atoms with Crippen LogP contribution in [-0.2, 0) is 22.9 Å². The Labute approximate surface area is 164 Å². The van der Waals surface area contributed by atoms with E-state index in [1.165, 1.54) is 11.8 Å². The van der Waals surface area contributed by atoms with Crippen LogP contribution in [0.1, 0.15) is 11.1 Å². The van der Waals surface area contributed by atoms with Gasteiger partial charge in [0, 0.05) is 24.0 Å². The molecule has 0 saturated carbocycles. The molecule has 0 aliphatic carbocycles. The number of hydrogen-bond acceptors (Lipinski definition) is 5. The fraction of sp³-hybridized carbons (Fsp3) is 0.250. The van der Waals surface area contributed by atoms with Crippen molar-refractivity contribution in [1.82, 2.24) is 9.71 Å². The van der Waals surface area contributed by atoms with Gasteiger partial charge in [-0.1, -0.05) is 54.6 Å². The van der Waals surface area contributed by atoms with E-state index in [1.807, 2.05) is 35.7 Å².